The molecule has 0 fully saturated rings. The topological polar surface area (TPSA) is 59.4 Å². The van der Waals surface area contributed by atoms with Gasteiger partial charge in [0.05, 0.1) is 5.52 Å². The number of fused-ring (bicyclic) bond motifs is 1. The fourth-order valence-electron chi connectivity index (χ4n) is 2.61. The van der Waals surface area contributed by atoms with Crippen LogP contribution in [0.15, 0.2) is 48.8 Å². The Kier molecular flexibility index (Phi) is 5.00. The second kappa shape index (κ2) is 7.36. The van der Waals surface area contributed by atoms with E-state index in [1.165, 1.54) is 0 Å². The number of rotatable bonds is 6. The number of amides is 1. The molecule has 130 valence electrons. The van der Waals surface area contributed by atoms with Crippen LogP contribution in [0, 0.1) is 0 Å². The van der Waals surface area contributed by atoms with Gasteiger partial charge in [-0.05, 0) is 32.3 Å². The van der Waals surface area contributed by atoms with Gasteiger partial charge in [-0.15, -0.1) is 0 Å². The van der Waals surface area contributed by atoms with Crippen LogP contribution in [0.2, 0.25) is 0 Å². The predicted octanol–water partition coefficient (Wildman–Crippen LogP) is 2.66. The van der Waals surface area contributed by atoms with E-state index in [2.05, 4.69) is 10.3 Å². The molecule has 0 unspecified atom stereocenters. The number of nitrogens with zero attached hydrogens (tertiary/aromatic N) is 3. The fourth-order valence-corrected chi connectivity index (χ4v) is 2.61. The minimum Gasteiger partial charge on any atom is -0.455 e. The highest BCUT2D eigenvalue weighted by molar-refractivity contribution is 5.92. The molecule has 2 heterocycles. The lowest BCUT2D eigenvalue weighted by Crippen LogP contribution is -2.31. The molecule has 0 atom stereocenters. The van der Waals surface area contributed by atoms with Crippen molar-refractivity contribution in [2.75, 3.05) is 27.2 Å². The van der Waals surface area contributed by atoms with Crippen molar-refractivity contribution in [2.24, 2.45) is 7.05 Å². The second-order valence-electron chi connectivity index (χ2n) is 6.16. The first kappa shape index (κ1) is 17.0. The second-order valence-corrected chi connectivity index (χ2v) is 6.16. The van der Waals surface area contributed by atoms with Gasteiger partial charge in [-0.1, -0.05) is 12.1 Å². The Morgan fingerprint density at radius 2 is 2.12 bits per heavy atom. The quantitative estimate of drug-likeness (QED) is 0.751. The van der Waals surface area contributed by atoms with E-state index in [4.69, 9.17) is 4.74 Å². The molecule has 0 bridgehead atoms. The van der Waals surface area contributed by atoms with Crippen LogP contribution < -0.4 is 10.1 Å². The summed E-state index contributed by atoms with van der Waals surface area (Å²) in [6.45, 7) is 1.35. The highest BCUT2D eigenvalue weighted by Crippen LogP contribution is 2.30. The van der Waals surface area contributed by atoms with E-state index in [-0.39, 0.29) is 5.91 Å². The molecule has 6 nitrogen and oxygen atoms in total. The van der Waals surface area contributed by atoms with Crippen LogP contribution in [0.4, 0.5) is 0 Å². The smallest absolute Gasteiger partial charge is 0.270 e. The Labute approximate surface area is 147 Å². The number of hydrogen-bond donors (Lipinski definition) is 1. The summed E-state index contributed by atoms with van der Waals surface area (Å²) in [5.41, 5.74) is 1.35. The maximum atomic E-state index is 12.2. The number of carbonyl (C=O) groups is 1. The lowest BCUT2D eigenvalue weighted by molar-refractivity contribution is 0.0945. The van der Waals surface area contributed by atoms with Crippen molar-refractivity contribution in [1.82, 2.24) is 19.8 Å². The van der Waals surface area contributed by atoms with Crippen molar-refractivity contribution in [3.05, 3.63) is 54.5 Å². The van der Waals surface area contributed by atoms with Crippen LogP contribution in [0.25, 0.3) is 10.9 Å². The molecule has 1 aromatic carbocycles. The molecule has 0 saturated heterocycles. The number of para-hydroxylation sites is 1. The summed E-state index contributed by atoms with van der Waals surface area (Å²) in [5.74, 6) is 1.13. The molecule has 0 saturated carbocycles. The Morgan fingerprint density at radius 1 is 1.28 bits per heavy atom. The summed E-state index contributed by atoms with van der Waals surface area (Å²) >= 11 is 0. The first-order valence-electron chi connectivity index (χ1n) is 8.15. The number of benzene rings is 1. The lowest BCUT2D eigenvalue weighted by atomic mass is 10.2. The Morgan fingerprint density at radius 3 is 2.92 bits per heavy atom. The van der Waals surface area contributed by atoms with Crippen molar-refractivity contribution in [2.45, 2.75) is 0 Å². The van der Waals surface area contributed by atoms with Gasteiger partial charge in [-0.3, -0.25) is 9.78 Å². The molecule has 6 heteroatoms. The highest BCUT2D eigenvalue weighted by atomic mass is 16.5. The van der Waals surface area contributed by atoms with Crippen LogP contribution in [0.1, 0.15) is 10.5 Å². The average Bonchev–Trinajstić information content (AvgIpc) is 2.97. The summed E-state index contributed by atoms with van der Waals surface area (Å²) in [6.07, 6.45) is 3.58. The summed E-state index contributed by atoms with van der Waals surface area (Å²) in [7, 11) is 5.90. The monoisotopic (exact) mass is 338 g/mol. The van der Waals surface area contributed by atoms with E-state index >= 15 is 0 Å². The summed E-state index contributed by atoms with van der Waals surface area (Å²) in [4.78, 5) is 18.3. The summed E-state index contributed by atoms with van der Waals surface area (Å²) < 4.78 is 8.03. The predicted molar refractivity (Wildman–Crippen MR) is 98.1 cm³/mol. The van der Waals surface area contributed by atoms with E-state index in [0.29, 0.717) is 18.0 Å². The molecule has 0 aliphatic heterocycles. The molecule has 1 N–H and O–H groups in total. The molecular weight excluding hydrogens is 316 g/mol. The van der Waals surface area contributed by atoms with Crippen LogP contribution in [-0.4, -0.2) is 47.5 Å². The van der Waals surface area contributed by atoms with Crippen molar-refractivity contribution in [1.29, 1.82) is 0 Å². The van der Waals surface area contributed by atoms with Crippen LogP contribution in [0.3, 0.4) is 0 Å². The number of carbonyl (C=O) groups excluding carboxylic acids is 1. The third-order valence-electron chi connectivity index (χ3n) is 3.90. The van der Waals surface area contributed by atoms with E-state index in [0.717, 1.165) is 23.2 Å². The van der Waals surface area contributed by atoms with E-state index in [9.17, 15) is 4.79 Å². The number of pyridine rings is 1. The third-order valence-corrected chi connectivity index (χ3v) is 3.90. The number of ether oxygens (including phenoxy) is 1. The zero-order chi connectivity index (χ0) is 17.8. The maximum absolute atomic E-state index is 12.2. The first-order valence-corrected chi connectivity index (χ1v) is 8.15. The normalized spacial score (nSPS) is 11.0. The number of aromatic nitrogens is 2. The average molecular weight is 338 g/mol. The third kappa shape index (κ3) is 3.97. The maximum Gasteiger partial charge on any atom is 0.270 e. The summed E-state index contributed by atoms with van der Waals surface area (Å²) in [6, 6.07) is 11.4. The SMILES string of the molecule is CN(C)CCNC(=O)c1cc(Oc2cccc3ccn(C)c23)ccn1. The molecule has 25 heavy (non-hydrogen) atoms. The minimum atomic E-state index is -0.204. The molecule has 0 radical (unpaired) electrons. The van der Waals surface area contributed by atoms with Gasteiger partial charge in [0.15, 0.2) is 5.75 Å². The minimum absolute atomic E-state index is 0.204. The highest BCUT2D eigenvalue weighted by Gasteiger charge is 2.11. The molecule has 0 spiro atoms. The van der Waals surface area contributed by atoms with Crippen molar-refractivity contribution < 1.29 is 9.53 Å². The Bertz CT molecular complexity index is 886. The Balaban J connectivity index is 1.77. The van der Waals surface area contributed by atoms with Crippen LogP contribution >= 0.6 is 0 Å². The molecule has 1 amide bonds. The molecule has 3 aromatic rings. The number of nitrogens with one attached hydrogen (secondary N) is 1. The van der Waals surface area contributed by atoms with Gasteiger partial charge in [0.1, 0.15) is 11.4 Å². The summed E-state index contributed by atoms with van der Waals surface area (Å²) in [5, 5.41) is 3.96. The van der Waals surface area contributed by atoms with Gasteiger partial charge in [-0.2, -0.15) is 0 Å². The van der Waals surface area contributed by atoms with E-state index in [1.54, 1.807) is 18.3 Å². The fraction of sp³-hybridized carbons (Fsp3) is 0.263. The largest absolute Gasteiger partial charge is 0.455 e. The zero-order valence-electron chi connectivity index (χ0n) is 14.7. The zero-order valence-corrected chi connectivity index (χ0v) is 14.7. The molecule has 0 aliphatic carbocycles. The lowest BCUT2D eigenvalue weighted by Gasteiger charge is -2.11. The van der Waals surface area contributed by atoms with Gasteiger partial charge in [-0.25, -0.2) is 0 Å². The molecule has 3 rings (SSSR count). The van der Waals surface area contributed by atoms with Crippen molar-refractivity contribution in [3.8, 4) is 11.5 Å². The van der Waals surface area contributed by atoms with E-state index < -0.39 is 0 Å². The van der Waals surface area contributed by atoms with Gasteiger partial charge in [0.25, 0.3) is 5.91 Å². The van der Waals surface area contributed by atoms with Gasteiger partial charge < -0.3 is 19.5 Å². The van der Waals surface area contributed by atoms with Crippen LogP contribution in [-0.2, 0) is 7.05 Å². The van der Waals surface area contributed by atoms with Gasteiger partial charge in [0.2, 0.25) is 0 Å². The van der Waals surface area contributed by atoms with Crippen molar-refractivity contribution >= 4 is 16.8 Å². The van der Waals surface area contributed by atoms with Crippen molar-refractivity contribution in [3.63, 3.8) is 0 Å². The van der Waals surface area contributed by atoms with Gasteiger partial charge >= 0.3 is 0 Å². The Hall–Kier alpha value is -2.86. The number of likely N-dealkylation sites (N-methyl/N-ethyl adjacent to an activating group) is 1. The van der Waals surface area contributed by atoms with E-state index in [1.807, 2.05) is 61.1 Å². The standard InChI is InChI=1S/C19H22N4O2/c1-22(2)12-10-21-19(24)16-13-15(7-9-20-16)25-17-6-4-5-14-8-11-23(3)18(14)17/h4-9,11,13H,10,12H2,1-3H3,(H,21,24). The molecular formula is C19H22N4O2. The number of aryl methyl sites for hydroxylation is 1. The molecule has 0 aliphatic rings. The van der Waals surface area contributed by atoms with Crippen LogP contribution in [0.5, 0.6) is 11.5 Å². The first-order chi connectivity index (χ1) is 12.0. The molecule has 2 aromatic heterocycles. The van der Waals surface area contributed by atoms with Gasteiger partial charge in [0, 0.05) is 44.0 Å². The number of hydrogen-bond acceptors (Lipinski definition) is 4.